The molecule has 1 aliphatic heterocycles. The van der Waals surface area contributed by atoms with Crippen LogP contribution in [0.2, 0.25) is 0 Å². The first-order valence-corrected chi connectivity index (χ1v) is 12.4. The first-order valence-electron chi connectivity index (χ1n) is 9.67. The van der Waals surface area contributed by atoms with Crippen LogP contribution in [-0.2, 0) is 16.4 Å². The van der Waals surface area contributed by atoms with Crippen molar-refractivity contribution < 1.29 is 17.9 Å². The van der Waals surface area contributed by atoms with Crippen molar-refractivity contribution in [3.05, 3.63) is 51.7 Å². The number of carbonyl (C=O) groups is 1. The lowest BCUT2D eigenvalue weighted by Crippen LogP contribution is -2.40. The Morgan fingerprint density at radius 2 is 2.14 bits per heavy atom. The standard InChI is InChI=1S/C21H27NO4S2/c1-3-4-10-26-19-7-5-6-17(13-19)21(23)22(14-20-16(2)8-11-27-20)18-9-12-28(24,25)15-18/h5-8,11,13,18H,3-4,9-10,12,14-15H2,1-2H3/t18-/m1/s1. The maximum absolute atomic E-state index is 13.3. The van der Waals surface area contributed by atoms with Crippen LogP contribution in [0.1, 0.15) is 47.0 Å². The molecule has 28 heavy (non-hydrogen) atoms. The summed E-state index contributed by atoms with van der Waals surface area (Å²) in [5.41, 5.74) is 1.66. The molecule has 0 unspecified atom stereocenters. The minimum absolute atomic E-state index is 0.0376. The highest BCUT2D eigenvalue weighted by Gasteiger charge is 2.35. The number of unbranched alkanes of at least 4 members (excludes halogenated alkanes) is 1. The molecule has 2 aromatic rings. The van der Waals surface area contributed by atoms with Gasteiger partial charge < -0.3 is 9.64 Å². The Morgan fingerprint density at radius 1 is 1.32 bits per heavy atom. The molecule has 2 heterocycles. The number of amides is 1. The summed E-state index contributed by atoms with van der Waals surface area (Å²) in [6.07, 6.45) is 2.50. The van der Waals surface area contributed by atoms with Gasteiger partial charge in [-0.05, 0) is 55.0 Å². The normalized spacial score (nSPS) is 18.1. The minimum atomic E-state index is -3.08. The Balaban J connectivity index is 1.84. The lowest BCUT2D eigenvalue weighted by atomic mass is 10.1. The molecule has 1 atom stereocenters. The molecule has 3 rings (SSSR count). The van der Waals surface area contributed by atoms with Crippen molar-refractivity contribution >= 4 is 27.1 Å². The van der Waals surface area contributed by atoms with Gasteiger partial charge in [-0.25, -0.2) is 8.42 Å². The lowest BCUT2D eigenvalue weighted by Gasteiger charge is -2.28. The molecule has 1 aromatic carbocycles. The van der Waals surface area contributed by atoms with Gasteiger partial charge in [0, 0.05) is 16.5 Å². The van der Waals surface area contributed by atoms with Crippen LogP contribution in [0.25, 0.3) is 0 Å². The van der Waals surface area contributed by atoms with Crippen LogP contribution in [0.4, 0.5) is 0 Å². The number of sulfone groups is 1. The van der Waals surface area contributed by atoms with Crippen molar-refractivity contribution in [2.24, 2.45) is 0 Å². The van der Waals surface area contributed by atoms with E-state index in [9.17, 15) is 13.2 Å². The van der Waals surface area contributed by atoms with Gasteiger partial charge in [-0.15, -0.1) is 11.3 Å². The summed E-state index contributed by atoms with van der Waals surface area (Å²) in [7, 11) is -3.08. The van der Waals surface area contributed by atoms with Gasteiger partial charge in [-0.1, -0.05) is 19.4 Å². The van der Waals surface area contributed by atoms with Crippen molar-refractivity contribution in [2.75, 3.05) is 18.1 Å². The molecule has 5 nitrogen and oxygen atoms in total. The van der Waals surface area contributed by atoms with Gasteiger partial charge in [0.05, 0.1) is 24.7 Å². The van der Waals surface area contributed by atoms with Crippen LogP contribution < -0.4 is 4.74 Å². The quantitative estimate of drug-likeness (QED) is 0.603. The first-order chi connectivity index (χ1) is 13.4. The van der Waals surface area contributed by atoms with Crippen molar-refractivity contribution in [1.82, 2.24) is 4.90 Å². The third-order valence-corrected chi connectivity index (χ3v) is 7.80. The van der Waals surface area contributed by atoms with Crippen molar-refractivity contribution in [2.45, 2.75) is 45.7 Å². The molecule has 1 aromatic heterocycles. The second-order valence-corrected chi connectivity index (χ2v) is 10.5. The molecule has 0 N–H and O–H groups in total. The second-order valence-electron chi connectivity index (χ2n) is 7.25. The van der Waals surface area contributed by atoms with E-state index in [1.54, 1.807) is 28.4 Å². The second kappa shape index (κ2) is 9.09. The minimum Gasteiger partial charge on any atom is -0.494 e. The van der Waals surface area contributed by atoms with Gasteiger partial charge >= 0.3 is 0 Å². The number of hydrogen-bond donors (Lipinski definition) is 0. The fraction of sp³-hybridized carbons (Fsp3) is 0.476. The Labute approximate surface area is 171 Å². The number of hydrogen-bond acceptors (Lipinski definition) is 5. The highest BCUT2D eigenvalue weighted by atomic mass is 32.2. The monoisotopic (exact) mass is 421 g/mol. The number of rotatable bonds is 8. The molecule has 0 spiro atoms. The largest absolute Gasteiger partial charge is 0.494 e. The molecular formula is C21H27NO4S2. The highest BCUT2D eigenvalue weighted by Crippen LogP contribution is 2.26. The average molecular weight is 422 g/mol. The molecular weight excluding hydrogens is 394 g/mol. The number of benzene rings is 1. The summed E-state index contributed by atoms with van der Waals surface area (Å²) < 4.78 is 29.8. The van der Waals surface area contributed by atoms with E-state index in [2.05, 4.69) is 6.92 Å². The predicted molar refractivity (Wildman–Crippen MR) is 113 cm³/mol. The van der Waals surface area contributed by atoms with Crippen LogP contribution in [0.5, 0.6) is 5.75 Å². The molecule has 152 valence electrons. The molecule has 0 radical (unpaired) electrons. The predicted octanol–water partition coefficient (Wildman–Crippen LogP) is 4.06. The Morgan fingerprint density at radius 3 is 2.79 bits per heavy atom. The fourth-order valence-electron chi connectivity index (χ4n) is 3.33. The Hall–Kier alpha value is -1.86. The summed E-state index contributed by atoms with van der Waals surface area (Å²) >= 11 is 1.60. The molecule has 0 saturated carbocycles. The van der Waals surface area contributed by atoms with Gasteiger partial charge in [0.2, 0.25) is 0 Å². The molecule has 0 aliphatic carbocycles. The van der Waals surface area contributed by atoms with E-state index in [4.69, 9.17) is 4.74 Å². The van der Waals surface area contributed by atoms with E-state index >= 15 is 0 Å². The number of aryl methyl sites for hydroxylation is 1. The van der Waals surface area contributed by atoms with Gasteiger partial charge in [0.15, 0.2) is 9.84 Å². The Bertz CT molecular complexity index is 920. The van der Waals surface area contributed by atoms with Crippen molar-refractivity contribution in [1.29, 1.82) is 0 Å². The van der Waals surface area contributed by atoms with Crippen LogP contribution in [-0.4, -0.2) is 43.4 Å². The summed E-state index contributed by atoms with van der Waals surface area (Å²) in [6, 6.07) is 8.93. The average Bonchev–Trinajstić information content (AvgIpc) is 3.24. The van der Waals surface area contributed by atoms with Crippen molar-refractivity contribution in [3.63, 3.8) is 0 Å². The van der Waals surface area contributed by atoms with Gasteiger partial charge in [0.1, 0.15) is 5.75 Å². The van der Waals surface area contributed by atoms with Gasteiger partial charge in [-0.2, -0.15) is 0 Å². The molecule has 7 heteroatoms. The van der Waals surface area contributed by atoms with Crippen LogP contribution >= 0.6 is 11.3 Å². The molecule has 0 bridgehead atoms. The zero-order valence-corrected chi connectivity index (χ0v) is 18.0. The molecule has 1 fully saturated rings. The highest BCUT2D eigenvalue weighted by molar-refractivity contribution is 7.91. The smallest absolute Gasteiger partial charge is 0.254 e. The topological polar surface area (TPSA) is 63.7 Å². The fourth-order valence-corrected chi connectivity index (χ4v) is 5.96. The number of thiophene rings is 1. The summed E-state index contributed by atoms with van der Waals surface area (Å²) in [6.45, 7) is 5.17. The first kappa shape index (κ1) is 20.9. The van der Waals surface area contributed by atoms with Crippen LogP contribution in [0, 0.1) is 6.92 Å². The van der Waals surface area contributed by atoms with E-state index in [0.717, 1.165) is 23.3 Å². The van der Waals surface area contributed by atoms with E-state index in [-0.39, 0.29) is 23.5 Å². The summed E-state index contributed by atoms with van der Waals surface area (Å²) in [5.74, 6) is 0.711. The molecule has 1 aliphatic rings. The van der Waals surface area contributed by atoms with Gasteiger partial charge in [-0.3, -0.25) is 4.79 Å². The Kier molecular flexibility index (Phi) is 6.78. The molecule has 1 saturated heterocycles. The number of nitrogens with zero attached hydrogens (tertiary/aromatic N) is 1. The van der Waals surface area contributed by atoms with Gasteiger partial charge in [0.25, 0.3) is 5.91 Å². The van der Waals surface area contributed by atoms with Crippen molar-refractivity contribution in [3.8, 4) is 5.75 Å². The SMILES string of the molecule is CCCCOc1cccc(C(=O)N(Cc2sccc2C)[C@@H]2CCS(=O)(=O)C2)c1. The third-order valence-electron chi connectivity index (χ3n) is 5.04. The lowest BCUT2D eigenvalue weighted by molar-refractivity contribution is 0.0682. The maximum atomic E-state index is 13.3. The van der Waals surface area contributed by atoms with E-state index in [1.165, 1.54) is 0 Å². The number of ether oxygens (including phenoxy) is 1. The third kappa shape index (κ3) is 5.14. The van der Waals surface area contributed by atoms with E-state index in [1.807, 2.05) is 30.5 Å². The van der Waals surface area contributed by atoms with E-state index in [0.29, 0.717) is 30.9 Å². The summed E-state index contributed by atoms with van der Waals surface area (Å²) in [5, 5.41) is 2.00. The van der Waals surface area contributed by atoms with Crippen LogP contribution in [0.15, 0.2) is 35.7 Å². The van der Waals surface area contributed by atoms with Crippen LogP contribution in [0.3, 0.4) is 0 Å². The summed E-state index contributed by atoms with van der Waals surface area (Å²) in [4.78, 5) is 16.2. The molecule has 1 amide bonds. The zero-order valence-electron chi connectivity index (χ0n) is 16.4. The maximum Gasteiger partial charge on any atom is 0.254 e. The number of carbonyl (C=O) groups excluding carboxylic acids is 1. The zero-order chi connectivity index (χ0) is 20.1. The van der Waals surface area contributed by atoms with E-state index < -0.39 is 9.84 Å².